The smallest absolute Gasteiger partial charge is 0.255 e. The Balaban J connectivity index is 2.07. The third-order valence-electron chi connectivity index (χ3n) is 3.98. The first-order valence-electron chi connectivity index (χ1n) is 7.22. The number of likely N-dealkylation sites (tertiary alicyclic amines) is 1. The molecule has 1 N–H and O–H groups in total. The summed E-state index contributed by atoms with van der Waals surface area (Å²) in [6.07, 6.45) is 2.06. The van der Waals surface area contributed by atoms with Crippen LogP contribution in [0, 0.1) is 12.8 Å². The summed E-state index contributed by atoms with van der Waals surface area (Å²) in [6, 6.07) is 5.96. The molecule has 0 saturated carbocycles. The molecule has 1 fully saturated rings. The Morgan fingerprint density at radius 1 is 1.40 bits per heavy atom. The van der Waals surface area contributed by atoms with Crippen LogP contribution < -0.4 is 5.32 Å². The van der Waals surface area contributed by atoms with Gasteiger partial charge in [0.2, 0.25) is 0 Å². The van der Waals surface area contributed by atoms with Crippen LogP contribution in [-0.4, -0.2) is 44.7 Å². The van der Waals surface area contributed by atoms with Crippen molar-refractivity contribution >= 4 is 11.6 Å². The predicted octanol–water partition coefficient (Wildman–Crippen LogP) is 2.54. The van der Waals surface area contributed by atoms with Gasteiger partial charge in [-0.2, -0.15) is 0 Å². The lowest BCUT2D eigenvalue weighted by Gasteiger charge is -2.32. The molecule has 0 spiro atoms. The van der Waals surface area contributed by atoms with Crippen molar-refractivity contribution in [3.63, 3.8) is 0 Å². The molecule has 0 bridgehead atoms. The van der Waals surface area contributed by atoms with Crippen LogP contribution in [0.2, 0.25) is 0 Å². The van der Waals surface area contributed by atoms with E-state index in [9.17, 15) is 4.79 Å². The van der Waals surface area contributed by atoms with E-state index in [-0.39, 0.29) is 5.91 Å². The molecule has 1 aromatic rings. The number of aryl methyl sites for hydroxylation is 1. The van der Waals surface area contributed by atoms with E-state index in [1.54, 1.807) is 7.11 Å². The van der Waals surface area contributed by atoms with Crippen LogP contribution in [0.25, 0.3) is 0 Å². The molecule has 0 aliphatic carbocycles. The Bertz CT molecular complexity index is 466. The summed E-state index contributed by atoms with van der Waals surface area (Å²) in [4.78, 5) is 14.6. The van der Waals surface area contributed by atoms with Crippen molar-refractivity contribution in [1.82, 2.24) is 4.90 Å². The van der Waals surface area contributed by atoms with Gasteiger partial charge >= 0.3 is 0 Å². The van der Waals surface area contributed by atoms with Crippen molar-refractivity contribution in [2.24, 2.45) is 5.92 Å². The van der Waals surface area contributed by atoms with Crippen molar-refractivity contribution in [3.05, 3.63) is 29.3 Å². The van der Waals surface area contributed by atoms with Gasteiger partial charge in [-0.05, 0) is 37.8 Å². The number of methoxy groups -OCH3 is 1. The van der Waals surface area contributed by atoms with E-state index in [0.717, 1.165) is 49.4 Å². The maximum Gasteiger partial charge on any atom is 0.255 e. The topological polar surface area (TPSA) is 41.6 Å². The normalized spacial score (nSPS) is 16.2. The molecule has 1 amide bonds. The summed E-state index contributed by atoms with van der Waals surface area (Å²) in [5, 5.41) is 3.10. The van der Waals surface area contributed by atoms with Gasteiger partial charge in [-0.3, -0.25) is 4.79 Å². The van der Waals surface area contributed by atoms with Gasteiger partial charge in [0.25, 0.3) is 5.91 Å². The molecule has 0 radical (unpaired) electrons. The largest absolute Gasteiger partial charge is 0.387 e. The van der Waals surface area contributed by atoms with Gasteiger partial charge in [-0.15, -0.1) is 0 Å². The van der Waals surface area contributed by atoms with Crippen LogP contribution in [-0.2, 0) is 4.74 Å². The third kappa shape index (κ3) is 3.31. The first-order chi connectivity index (χ1) is 9.65. The molecule has 2 rings (SSSR count). The van der Waals surface area contributed by atoms with Crippen molar-refractivity contribution < 1.29 is 9.53 Å². The maximum atomic E-state index is 12.7. The van der Waals surface area contributed by atoms with E-state index in [1.807, 2.05) is 37.1 Å². The molecular formula is C16H24N2O2. The molecular weight excluding hydrogens is 252 g/mol. The van der Waals surface area contributed by atoms with Crippen molar-refractivity contribution in [1.29, 1.82) is 0 Å². The molecule has 1 aliphatic rings. The quantitative estimate of drug-likeness (QED) is 0.919. The van der Waals surface area contributed by atoms with E-state index in [0.29, 0.717) is 5.92 Å². The molecule has 4 nitrogen and oxygen atoms in total. The zero-order valence-electron chi connectivity index (χ0n) is 12.6. The van der Waals surface area contributed by atoms with Crippen LogP contribution in [0.4, 0.5) is 5.69 Å². The summed E-state index contributed by atoms with van der Waals surface area (Å²) in [6.45, 7) is 4.46. The van der Waals surface area contributed by atoms with Crippen LogP contribution in [0.1, 0.15) is 28.8 Å². The number of piperidine rings is 1. The number of hydrogen-bond donors (Lipinski definition) is 1. The van der Waals surface area contributed by atoms with Gasteiger partial charge in [-0.25, -0.2) is 0 Å². The van der Waals surface area contributed by atoms with Gasteiger partial charge in [0, 0.05) is 39.5 Å². The van der Waals surface area contributed by atoms with Crippen LogP contribution in [0.3, 0.4) is 0 Å². The van der Waals surface area contributed by atoms with Crippen molar-refractivity contribution in [3.8, 4) is 0 Å². The Hall–Kier alpha value is -1.55. The lowest BCUT2D eigenvalue weighted by atomic mass is 9.97. The number of hydrogen-bond acceptors (Lipinski definition) is 3. The predicted molar refractivity (Wildman–Crippen MR) is 81.2 cm³/mol. The Kier molecular flexibility index (Phi) is 5.01. The molecule has 1 aliphatic heterocycles. The number of amides is 1. The number of carbonyl (C=O) groups excluding carboxylic acids is 1. The van der Waals surface area contributed by atoms with Crippen LogP contribution >= 0.6 is 0 Å². The van der Waals surface area contributed by atoms with Gasteiger partial charge in [0.1, 0.15) is 0 Å². The molecule has 110 valence electrons. The summed E-state index contributed by atoms with van der Waals surface area (Å²) in [5.41, 5.74) is 2.79. The average molecular weight is 276 g/mol. The highest BCUT2D eigenvalue weighted by molar-refractivity contribution is 5.99. The van der Waals surface area contributed by atoms with Gasteiger partial charge in [0.15, 0.2) is 0 Å². The second kappa shape index (κ2) is 6.75. The molecule has 1 heterocycles. The maximum absolute atomic E-state index is 12.7. The van der Waals surface area contributed by atoms with Gasteiger partial charge in [0.05, 0.1) is 5.56 Å². The summed E-state index contributed by atoms with van der Waals surface area (Å²) in [5.74, 6) is 0.722. The van der Waals surface area contributed by atoms with Crippen LogP contribution in [0.5, 0.6) is 0 Å². The highest BCUT2D eigenvalue weighted by Gasteiger charge is 2.24. The highest BCUT2D eigenvalue weighted by Crippen LogP contribution is 2.23. The average Bonchev–Trinajstić information content (AvgIpc) is 2.47. The number of rotatable bonds is 4. The summed E-state index contributed by atoms with van der Waals surface area (Å²) >= 11 is 0. The van der Waals surface area contributed by atoms with E-state index in [4.69, 9.17) is 4.74 Å². The first-order valence-corrected chi connectivity index (χ1v) is 7.22. The molecule has 0 atom stereocenters. The Labute approximate surface area is 121 Å². The molecule has 0 aromatic heterocycles. The number of ether oxygens (including phenoxy) is 1. The molecule has 1 aromatic carbocycles. The van der Waals surface area contributed by atoms with Gasteiger partial charge in [-0.1, -0.05) is 11.6 Å². The number of carbonyl (C=O) groups is 1. The standard InChI is InChI=1S/C16H24N2O2/c1-12-4-5-15(17-2)14(10-12)16(19)18-8-6-13(7-9-18)11-20-3/h4-5,10,13,17H,6-9,11H2,1-3H3. The zero-order chi connectivity index (χ0) is 14.5. The minimum absolute atomic E-state index is 0.133. The molecule has 20 heavy (non-hydrogen) atoms. The number of nitrogens with zero attached hydrogens (tertiary/aromatic N) is 1. The minimum atomic E-state index is 0.133. The fourth-order valence-electron chi connectivity index (χ4n) is 2.76. The third-order valence-corrected chi connectivity index (χ3v) is 3.98. The summed E-state index contributed by atoms with van der Waals surface area (Å²) in [7, 11) is 3.59. The lowest BCUT2D eigenvalue weighted by Crippen LogP contribution is -2.39. The van der Waals surface area contributed by atoms with E-state index in [2.05, 4.69) is 5.32 Å². The SMILES string of the molecule is CNc1ccc(C)cc1C(=O)N1CCC(COC)CC1. The first kappa shape index (κ1) is 14.9. The molecule has 0 unspecified atom stereocenters. The molecule has 4 heteroatoms. The second-order valence-electron chi connectivity index (χ2n) is 5.49. The van der Waals surface area contributed by atoms with E-state index in [1.165, 1.54) is 0 Å². The molecule has 1 saturated heterocycles. The lowest BCUT2D eigenvalue weighted by molar-refractivity contribution is 0.0614. The van der Waals surface area contributed by atoms with E-state index >= 15 is 0 Å². The summed E-state index contributed by atoms with van der Waals surface area (Å²) < 4.78 is 5.20. The Morgan fingerprint density at radius 2 is 2.10 bits per heavy atom. The van der Waals surface area contributed by atoms with E-state index < -0.39 is 0 Å². The fraction of sp³-hybridized carbons (Fsp3) is 0.562. The Morgan fingerprint density at radius 3 is 2.70 bits per heavy atom. The van der Waals surface area contributed by atoms with Crippen molar-refractivity contribution in [2.75, 3.05) is 39.2 Å². The minimum Gasteiger partial charge on any atom is -0.387 e. The second-order valence-corrected chi connectivity index (χ2v) is 5.49. The fourth-order valence-corrected chi connectivity index (χ4v) is 2.76. The monoisotopic (exact) mass is 276 g/mol. The number of anilines is 1. The van der Waals surface area contributed by atoms with Crippen LogP contribution in [0.15, 0.2) is 18.2 Å². The zero-order valence-corrected chi connectivity index (χ0v) is 12.6. The number of benzene rings is 1. The highest BCUT2D eigenvalue weighted by atomic mass is 16.5. The number of nitrogens with one attached hydrogen (secondary N) is 1. The van der Waals surface area contributed by atoms with Crippen molar-refractivity contribution in [2.45, 2.75) is 19.8 Å². The van der Waals surface area contributed by atoms with Gasteiger partial charge < -0.3 is 15.0 Å².